The summed E-state index contributed by atoms with van der Waals surface area (Å²) >= 11 is 7.59. The average molecular weight is 270 g/mol. The van der Waals surface area contributed by atoms with E-state index in [1.807, 2.05) is 31.8 Å². The molecule has 0 saturated heterocycles. The Hall–Kier alpha value is -0.840. The predicted octanol–water partition coefficient (Wildman–Crippen LogP) is 2.95. The van der Waals surface area contributed by atoms with Crippen LogP contribution in [-0.2, 0) is 13.5 Å². The number of aryl methyl sites for hydroxylation is 2. The lowest BCUT2D eigenvalue weighted by atomic mass is 10.0. The third kappa shape index (κ3) is 2.89. The van der Waals surface area contributed by atoms with Crippen LogP contribution in [-0.4, -0.2) is 16.8 Å². The van der Waals surface area contributed by atoms with Crippen molar-refractivity contribution in [2.45, 2.75) is 19.4 Å². The molecule has 0 saturated carbocycles. The normalized spacial score (nSPS) is 12.9. The van der Waals surface area contributed by atoms with Gasteiger partial charge in [0.15, 0.2) is 0 Å². The van der Waals surface area contributed by atoms with Crippen LogP contribution in [0, 0.1) is 6.92 Å². The van der Waals surface area contributed by atoms with Gasteiger partial charge >= 0.3 is 0 Å². The maximum Gasteiger partial charge on any atom is 0.0931 e. The number of halogens is 1. The van der Waals surface area contributed by atoms with Gasteiger partial charge in [-0.2, -0.15) is 5.10 Å². The van der Waals surface area contributed by atoms with Crippen LogP contribution in [0.1, 0.15) is 22.2 Å². The Kier molecular flexibility index (Phi) is 3.86. The zero-order valence-electron chi connectivity index (χ0n) is 10.2. The fraction of sp³-hybridized carbons (Fsp3) is 0.417. The van der Waals surface area contributed by atoms with E-state index in [1.165, 1.54) is 10.4 Å². The van der Waals surface area contributed by atoms with Gasteiger partial charge in [-0.3, -0.25) is 4.68 Å². The van der Waals surface area contributed by atoms with Gasteiger partial charge in [0.1, 0.15) is 0 Å². The Morgan fingerprint density at radius 2 is 2.29 bits per heavy atom. The molecule has 1 atom stereocenters. The standard InChI is InChI=1S/C12H16ClN3S/c1-8-10(7-16(3)15-8)11(14-2)6-9-4-5-12(13)17-9/h4-5,7,11,14H,6H2,1-3H3. The highest BCUT2D eigenvalue weighted by atomic mass is 35.5. The van der Waals surface area contributed by atoms with Crippen molar-refractivity contribution in [3.05, 3.63) is 38.8 Å². The zero-order valence-corrected chi connectivity index (χ0v) is 11.8. The molecular formula is C12H16ClN3S. The quantitative estimate of drug-likeness (QED) is 0.925. The predicted molar refractivity (Wildman–Crippen MR) is 72.8 cm³/mol. The summed E-state index contributed by atoms with van der Waals surface area (Å²) in [5.74, 6) is 0. The van der Waals surface area contributed by atoms with Crippen molar-refractivity contribution < 1.29 is 0 Å². The second kappa shape index (κ2) is 5.21. The SMILES string of the molecule is CNC(Cc1ccc(Cl)s1)c1cn(C)nc1C. The summed E-state index contributed by atoms with van der Waals surface area (Å²) in [6, 6.07) is 4.33. The largest absolute Gasteiger partial charge is 0.313 e. The Balaban J connectivity index is 2.19. The first-order chi connectivity index (χ1) is 8.10. The number of likely N-dealkylation sites (N-methyl/N-ethyl adjacent to an activating group) is 1. The second-order valence-corrected chi connectivity index (χ2v) is 5.89. The molecule has 0 radical (unpaired) electrons. The fourth-order valence-electron chi connectivity index (χ4n) is 1.99. The summed E-state index contributed by atoms with van der Waals surface area (Å²) in [4.78, 5) is 1.29. The lowest BCUT2D eigenvalue weighted by Crippen LogP contribution is -2.18. The lowest BCUT2D eigenvalue weighted by molar-refractivity contribution is 0.593. The Labute approximate surface area is 110 Å². The summed E-state index contributed by atoms with van der Waals surface area (Å²) in [5, 5.41) is 7.72. The summed E-state index contributed by atoms with van der Waals surface area (Å²) in [6.07, 6.45) is 3.02. The minimum Gasteiger partial charge on any atom is -0.313 e. The highest BCUT2D eigenvalue weighted by Gasteiger charge is 2.16. The molecule has 0 spiro atoms. The molecular weight excluding hydrogens is 254 g/mol. The van der Waals surface area contributed by atoms with Gasteiger partial charge in [0.05, 0.1) is 10.0 Å². The minimum absolute atomic E-state index is 0.290. The van der Waals surface area contributed by atoms with E-state index in [1.54, 1.807) is 11.3 Å². The van der Waals surface area contributed by atoms with Gasteiger partial charge in [-0.25, -0.2) is 0 Å². The molecule has 17 heavy (non-hydrogen) atoms. The van der Waals surface area contributed by atoms with E-state index >= 15 is 0 Å². The van der Waals surface area contributed by atoms with E-state index in [2.05, 4.69) is 22.7 Å². The molecule has 0 amide bonds. The van der Waals surface area contributed by atoms with Crippen LogP contribution in [0.5, 0.6) is 0 Å². The summed E-state index contributed by atoms with van der Waals surface area (Å²) in [7, 11) is 3.93. The Bertz CT molecular complexity index is 504. The van der Waals surface area contributed by atoms with Gasteiger partial charge in [-0.15, -0.1) is 11.3 Å². The number of rotatable bonds is 4. The van der Waals surface area contributed by atoms with E-state index in [0.29, 0.717) is 6.04 Å². The van der Waals surface area contributed by atoms with E-state index in [-0.39, 0.29) is 0 Å². The first kappa shape index (κ1) is 12.6. The van der Waals surface area contributed by atoms with E-state index in [0.717, 1.165) is 16.5 Å². The molecule has 0 aliphatic carbocycles. The number of hydrogen-bond donors (Lipinski definition) is 1. The summed E-state index contributed by atoms with van der Waals surface area (Å²) in [5.41, 5.74) is 2.33. The van der Waals surface area contributed by atoms with Crippen LogP contribution in [0.15, 0.2) is 18.3 Å². The first-order valence-electron chi connectivity index (χ1n) is 5.51. The molecule has 1 N–H and O–H groups in total. The van der Waals surface area contributed by atoms with Crippen LogP contribution < -0.4 is 5.32 Å². The lowest BCUT2D eigenvalue weighted by Gasteiger charge is -2.14. The van der Waals surface area contributed by atoms with Gasteiger partial charge in [0.2, 0.25) is 0 Å². The second-order valence-electron chi connectivity index (χ2n) is 4.09. The van der Waals surface area contributed by atoms with E-state index < -0.39 is 0 Å². The van der Waals surface area contributed by atoms with Crippen molar-refractivity contribution >= 4 is 22.9 Å². The number of thiophene rings is 1. The van der Waals surface area contributed by atoms with Gasteiger partial charge < -0.3 is 5.32 Å². The topological polar surface area (TPSA) is 29.9 Å². The summed E-state index contributed by atoms with van der Waals surface area (Å²) in [6.45, 7) is 2.04. The van der Waals surface area contributed by atoms with Crippen LogP contribution in [0.4, 0.5) is 0 Å². The van der Waals surface area contributed by atoms with Crippen molar-refractivity contribution in [2.75, 3.05) is 7.05 Å². The number of nitrogens with one attached hydrogen (secondary N) is 1. The molecule has 0 fully saturated rings. The molecule has 2 aromatic rings. The smallest absolute Gasteiger partial charge is 0.0931 e. The summed E-state index contributed by atoms with van der Waals surface area (Å²) < 4.78 is 2.70. The molecule has 0 aromatic carbocycles. The molecule has 0 bridgehead atoms. The molecule has 1 unspecified atom stereocenters. The Morgan fingerprint density at radius 1 is 1.53 bits per heavy atom. The molecule has 2 heterocycles. The van der Waals surface area contributed by atoms with Gasteiger partial charge in [-0.1, -0.05) is 11.6 Å². The van der Waals surface area contributed by atoms with Crippen LogP contribution in [0.2, 0.25) is 4.34 Å². The average Bonchev–Trinajstić information content (AvgIpc) is 2.82. The van der Waals surface area contributed by atoms with Crippen LogP contribution >= 0.6 is 22.9 Å². The maximum atomic E-state index is 5.95. The monoisotopic (exact) mass is 269 g/mol. The van der Waals surface area contributed by atoms with Crippen molar-refractivity contribution in [1.29, 1.82) is 0 Å². The number of hydrogen-bond acceptors (Lipinski definition) is 3. The van der Waals surface area contributed by atoms with Gasteiger partial charge in [-0.05, 0) is 26.1 Å². The molecule has 2 rings (SSSR count). The molecule has 0 aliphatic rings. The third-order valence-corrected chi connectivity index (χ3v) is 4.06. The first-order valence-corrected chi connectivity index (χ1v) is 6.71. The van der Waals surface area contributed by atoms with Crippen LogP contribution in [0.3, 0.4) is 0 Å². The van der Waals surface area contributed by atoms with Crippen molar-refractivity contribution in [3.63, 3.8) is 0 Å². The van der Waals surface area contributed by atoms with Crippen molar-refractivity contribution in [1.82, 2.24) is 15.1 Å². The number of nitrogens with zero attached hydrogens (tertiary/aromatic N) is 2. The zero-order chi connectivity index (χ0) is 12.4. The Morgan fingerprint density at radius 3 is 2.76 bits per heavy atom. The van der Waals surface area contributed by atoms with E-state index in [4.69, 9.17) is 11.6 Å². The molecule has 2 aromatic heterocycles. The molecule has 5 heteroatoms. The molecule has 92 valence electrons. The van der Waals surface area contributed by atoms with Gasteiger partial charge in [0.25, 0.3) is 0 Å². The van der Waals surface area contributed by atoms with Crippen molar-refractivity contribution in [2.24, 2.45) is 7.05 Å². The highest BCUT2D eigenvalue weighted by Crippen LogP contribution is 2.27. The molecule has 3 nitrogen and oxygen atoms in total. The highest BCUT2D eigenvalue weighted by molar-refractivity contribution is 7.16. The van der Waals surface area contributed by atoms with E-state index in [9.17, 15) is 0 Å². The maximum absolute atomic E-state index is 5.95. The van der Waals surface area contributed by atoms with Crippen LogP contribution in [0.25, 0.3) is 0 Å². The minimum atomic E-state index is 0.290. The fourth-order valence-corrected chi connectivity index (χ4v) is 3.12. The van der Waals surface area contributed by atoms with Crippen molar-refractivity contribution in [3.8, 4) is 0 Å². The van der Waals surface area contributed by atoms with Gasteiger partial charge in [0, 0.05) is 36.1 Å². The number of aromatic nitrogens is 2. The molecule has 0 aliphatic heterocycles. The third-order valence-electron chi connectivity index (χ3n) is 2.81.